The van der Waals surface area contributed by atoms with Crippen molar-refractivity contribution >= 4 is 15.6 Å². The summed E-state index contributed by atoms with van der Waals surface area (Å²) in [5.74, 6) is -0.196. The van der Waals surface area contributed by atoms with E-state index in [1.54, 1.807) is 0 Å². The average Bonchev–Trinajstić information content (AvgIpc) is 2.55. The van der Waals surface area contributed by atoms with Crippen molar-refractivity contribution in [2.75, 3.05) is 11.5 Å². The molecular weight excluding hydrogens is 236 g/mol. The molecule has 0 saturated heterocycles. The fraction of sp³-hybridized carbons (Fsp3) is 0.308. The van der Waals surface area contributed by atoms with Crippen molar-refractivity contribution in [3.63, 3.8) is 0 Å². The van der Waals surface area contributed by atoms with Crippen LogP contribution in [0.2, 0.25) is 0 Å². The number of Topliss-reactive ketones (excluding diaryl/α,β-unsaturated/α-hetero) is 1. The van der Waals surface area contributed by atoms with Crippen LogP contribution >= 0.6 is 0 Å². The molecule has 2 rings (SSSR count). The van der Waals surface area contributed by atoms with E-state index in [0.717, 1.165) is 11.1 Å². The molecule has 1 aromatic rings. The fourth-order valence-corrected chi connectivity index (χ4v) is 3.83. The predicted molar refractivity (Wildman–Crippen MR) is 66.5 cm³/mol. The molecule has 4 heteroatoms. The Labute approximate surface area is 101 Å². The Balaban J connectivity index is 2.30. The number of ketones is 1. The Hall–Kier alpha value is -1.42. The second-order valence-corrected chi connectivity index (χ2v) is 6.40. The van der Waals surface area contributed by atoms with E-state index in [1.807, 2.05) is 30.3 Å². The van der Waals surface area contributed by atoms with E-state index in [2.05, 4.69) is 0 Å². The minimum absolute atomic E-state index is 0.0246. The van der Waals surface area contributed by atoms with Gasteiger partial charge in [-0.15, -0.1) is 0 Å². The van der Waals surface area contributed by atoms with Crippen LogP contribution in [0.15, 0.2) is 41.5 Å². The van der Waals surface area contributed by atoms with Crippen LogP contribution in [0.4, 0.5) is 0 Å². The maximum Gasteiger partial charge on any atom is 0.158 e. The summed E-state index contributed by atoms with van der Waals surface area (Å²) in [4.78, 5) is 11.4. The van der Waals surface area contributed by atoms with Crippen LogP contribution in [-0.4, -0.2) is 25.7 Å². The molecule has 90 valence electrons. The first-order chi connectivity index (χ1) is 7.98. The first-order valence-electron chi connectivity index (χ1n) is 5.44. The van der Waals surface area contributed by atoms with Gasteiger partial charge >= 0.3 is 0 Å². The van der Waals surface area contributed by atoms with Gasteiger partial charge in [0.15, 0.2) is 15.6 Å². The summed E-state index contributed by atoms with van der Waals surface area (Å²) in [7, 11) is -3.10. The van der Waals surface area contributed by atoms with Gasteiger partial charge in [0.1, 0.15) is 0 Å². The molecule has 0 aliphatic carbocycles. The molecule has 1 aliphatic heterocycles. The Morgan fingerprint density at radius 2 is 1.82 bits per heavy atom. The lowest BCUT2D eigenvalue weighted by molar-refractivity contribution is -0.113. The SMILES string of the molecule is CC(=O)C1=C(Cc2ccccc2)CS(=O)(=O)C1. The summed E-state index contributed by atoms with van der Waals surface area (Å²) in [5, 5.41) is 0. The largest absolute Gasteiger partial charge is 0.295 e. The number of sulfone groups is 1. The molecule has 0 fully saturated rings. The van der Waals surface area contributed by atoms with Gasteiger partial charge in [0.05, 0.1) is 11.5 Å². The minimum atomic E-state index is -3.10. The van der Waals surface area contributed by atoms with Gasteiger partial charge in [0.25, 0.3) is 0 Å². The van der Waals surface area contributed by atoms with Crippen molar-refractivity contribution in [3.05, 3.63) is 47.0 Å². The number of carbonyl (C=O) groups is 1. The molecule has 0 atom stereocenters. The number of benzene rings is 1. The molecule has 0 aromatic heterocycles. The van der Waals surface area contributed by atoms with Gasteiger partial charge in [-0.1, -0.05) is 30.3 Å². The zero-order valence-electron chi connectivity index (χ0n) is 9.64. The summed E-state index contributed by atoms with van der Waals surface area (Å²) in [5.41, 5.74) is 2.27. The smallest absolute Gasteiger partial charge is 0.158 e. The third kappa shape index (κ3) is 2.82. The summed E-state index contributed by atoms with van der Waals surface area (Å²) in [6.07, 6.45) is 0.551. The van der Waals surface area contributed by atoms with Crippen LogP contribution < -0.4 is 0 Å². The third-order valence-corrected chi connectivity index (χ3v) is 4.39. The van der Waals surface area contributed by atoms with Gasteiger partial charge < -0.3 is 0 Å². The molecular formula is C13H14O3S. The van der Waals surface area contributed by atoms with Crippen molar-refractivity contribution in [3.8, 4) is 0 Å². The van der Waals surface area contributed by atoms with Gasteiger partial charge in [-0.2, -0.15) is 0 Å². The number of hydrogen-bond donors (Lipinski definition) is 0. The first kappa shape index (κ1) is 12.0. The highest BCUT2D eigenvalue weighted by molar-refractivity contribution is 7.92. The lowest BCUT2D eigenvalue weighted by Gasteiger charge is -2.03. The second kappa shape index (κ2) is 4.45. The quantitative estimate of drug-likeness (QED) is 0.817. The van der Waals surface area contributed by atoms with E-state index in [-0.39, 0.29) is 17.3 Å². The molecule has 0 saturated carbocycles. The van der Waals surface area contributed by atoms with Gasteiger partial charge in [0, 0.05) is 5.57 Å². The second-order valence-electron chi connectivity index (χ2n) is 4.33. The topological polar surface area (TPSA) is 51.2 Å². The monoisotopic (exact) mass is 250 g/mol. The van der Waals surface area contributed by atoms with Crippen LogP contribution in [0.1, 0.15) is 12.5 Å². The molecule has 1 aliphatic rings. The molecule has 0 N–H and O–H groups in total. The van der Waals surface area contributed by atoms with Crippen LogP contribution in [0, 0.1) is 0 Å². The molecule has 0 bridgehead atoms. The van der Waals surface area contributed by atoms with Gasteiger partial charge in [0.2, 0.25) is 0 Å². The van der Waals surface area contributed by atoms with Gasteiger partial charge in [-0.3, -0.25) is 4.79 Å². The van der Waals surface area contributed by atoms with Crippen molar-refractivity contribution in [1.82, 2.24) is 0 Å². The molecule has 1 heterocycles. The van der Waals surface area contributed by atoms with E-state index in [9.17, 15) is 13.2 Å². The van der Waals surface area contributed by atoms with Crippen LogP contribution in [0.3, 0.4) is 0 Å². The number of carbonyl (C=O) groups excluding carboxylic acids is 1. The van der Waals surface area contributed by atoms with Gasteiger partial charge in [-0.25, -0.2) is 8.42 Å². The van der Waals surface area contributed by atoms with E-state index < -0.39 is 9.84 Å². The lowest BCUT2D eigenvalue weighted by atomic mass is 10.0. The highest BCUT2D eigenvalue weighted by Crippen LogP contribution is 2.23. The highest BCUT2D eigenvalue weighted by Gasteiger charge is 2.29. The first-order valence-corrected chi connectivity index (χ1v) is 7.26. The van der Waals surface area contributed by atoms with E-state index >= 15 is 0 Å². The fourth-order valence-electron chi connectivity index (χ4n) is 2.08. The summed E-state index contributed by atoms with van der Waals surface area (Å²) in [6, 6.07) is 9.61. The molecule has 0 amide bonds. The summed E-state index contributed by atoms with van der Waals surface area (Å²) in [6.45, 7) is 1.43. The molecule has 3 nitrogen and oxygen atoms in total. The lowest BCUT2D eigenvalue weighted by Crippen LogP contribution is -2.06. The number of rotatable bonds is 3. The Morgan fingerprint density at radius 3 is 2.41 bits per heavy atom. The normalized spacial score (nSPS) is 18.4. The third-order valence-electron chi connectivity index (χ3n) is 2.87. The summed E-state index contributed by atoms with van der Waals surface area (Å²) >= 11 is 0. The highest BCUT2D eigenvalue weighted by atomic mass is 32.2. The van der Waals surface area contributed by atoms with Crippen molar-refractivity contribution in [1.29, 1.82) is 0 Å². The maximum absolute atomic E-state index is 11.6. The van der Waals surface area contributed by atoms with E-state index in [4.69, 9.17) is 0 Å². The van der Waals surface area contributed by atoms with Crippen LogP contribution in [-0.2, 0) is 21.1 Å². The average molecular weight is 250 g/mol. The summed E-state index contributed by atoms with van der Waals surface area (Å²) < 4.78 is 23.1. The Morgan fingerprint density at radius 1 is 1.18 bits per heavy atom. The standard InChI is InChI=1S/C13H14O3S/c1-10(14)13-9-17(15,16)8-12(13)7-11-5-3-2-4-6-11/h2-6H,7-9H2,1H3. The maximum atomic E-state index is 11.6. The van der Waals surface area contributed by atoms with Crippen LogP contribution in [0.25, 0.3) is 0 Å². The molecule has 17 heavy (non-hydrogen) atoms. The van der Waals surface area contributed by atoms with Crippen LogP contribution in [0.5, 0.6) is 0 Å². The Kier molecular flexibility index (Phi) is 3.15. The van der Waals surface area contributed by atoms with Crippen molar-refractivity contribution in [2.45, 2.75) is 13.3 Å². The Bertz CT molecular complexity index is 568. The molecule has 0 spiro atoms. The minimum Gasteiger partial charge on any atom is -0.295 e. The van der Waals surface area contributed by atoms with Crippen molar-refractivity contribution in [2.24, 2.45) is 0 Å². The predicted octanol–water partition coefficient (Wildman–Crippen LogP) is 1.54. The zero-order chi connectivity index (χ0) is 12.5. The molecule has 1 aromatic carbocycles. The number of hydrogen-bond acceptors (Lipinski definition) is 3. The molecule has 0 radical (unpaired) electrons. The van der Waals surface area contributed by atoms with E-state index in [0.29, 0.717) is 12.0 Å². The van der Waals surface area contributed by atoms with E-state index in [1.165, 1.54) is 6.92 Å². The van der Waals surface area contributed by atoms with Crippen molar-refractivity contribution < 1.29 is 13.2 Å². The molecule has 0 unspecified atom stereocenters. The van der Waals surface area contributed by atoms with Gasteiger partial charge in [-0.05, 0) is 24.5 Å². The zero-order valence-corrected chi connectivity index (χ0v) is 10.5.